The van der Waals surface area contributed by atoms with Crippen molar-refractivity contribution in [3.63, 3.8) is 0 Å². The third kappa shape index (κ3) is 5.67. The van der Waals surface area contributed by atoms with E-state index in [-0.39, 0.29) is 17.6 Å². The van der Waals surface area contributed by atoms with Crippen LogP contribution in [0.5, 0.6) is 0 Å². The molecule has 0 aliphatic heterocycles. The van der Waals surface area contributed by atoms with Crippen molar-refractivity contribution in [2.24, 2.45) is 0 Å². The third-order valence-corrected chi connectivity index (χ3v) is 1.72. The average Bonchev–Trinajstić information content (AvgIpc) is 2.21. The van der Waals surface area contributed by atoms with E-state index in [0.717, 1.165) is 6.42 Å². The minimum atomic E-state index is -0.996. The first-order valence-corrected chi connectivity index (χ1v) is 4.74. The number of carboxylic acids is 1. The van der Waals surface area contributed by atoms with Crippen LogP contribution in [0.25, 0.3) is 0 Å². The van der Waals surface area contributed by atoms with Gasteiger partial charge in [-0.3, -0.25) is 0 Å². The fourth-order valence-corrected chi connectivity index (χ4v) is 0.744. The molecule has 0 saturated carbocycles. The van der Waals surface area contributed by atoms with Crippen molar-refractivity contribution in [2.45, 2.75) is 26.7 Å². The lowest BCUT2D eigenvalue weighted by Crippen LogP contribution is -2.07. The molecule has 15 heavy (non-hydrogen) atoms. The van der Waals surface area contributed by atoms with Crippen LogP contribution in [0, 0.1) is 0 Å². The SMILES string of the molecule is C=C(CC=C(C)C(=O)O)C(=O)OCCC. The number of carbonyl (C=O) groups is 2. The highest BCUT2D eigenvalue weighted by Gasteiger charge is 2.07. The van der Waals surface area contributed by atoms with Crippen molar-refractivity contribution < 1.29 is 19.4 Å². The Labute approximate surface area is 89.2 Å². The van der Waals surface area contributed by atoms with Gasteiger partial charge < -0.3 is 9.84 Å². The molecule has 4 heteroatoms. The first-order valence-electron chi connectivity index (χ1n) is 4.74. The van der Waals surface area contributed by atoms with Gasteiger partial charge in [0, 0.05) is 11.1 Å². The van der Waals surface area contributed by atoms with Crippen LogP contribution >= 0.6 is 0 Å². The van der Waals surface area contributed by atoms with Gasteiger partial charge in [-0.25, -0.2) is 9.59 Å². The Hall–Kier alpha value is -1.58. The van der Waals surface area contributed by atoms with Crippen LogP contribution in [-0.2, 0) is 14.3 Å². The zero-order valence-corrected chi connectivity index (χ0v) is 9.08. The predicted molar refractivity (Wildman–Crippen MR) is 56.4 cm³/mol. The Bertz CT molecular complexity index is 289. The van der Waals surface area contributed by atoms with E-state index in [1.54, 1.807) is 0 Å². The molecule has 0 heterocycles. The first kappa shape index (κ1) is 13.4. The molecule has 0 amide bonds. The Morgan fingerprint density at radius 3 is 2.53 bits per heavy atom. The molecule has 84 valence electrons. The molecule has 1 N–H and O–H groups in total. The molecule has 0 bridgehead atoms. The van der Waals surface area contributed by atoms with Crippen LogP contribution in [-0.4, -0.2) is 23.7 Å². The fourth-order valence-electron chi connectivity index (χ4n) is 0.744. The number of allylic oxidation sites excluding steroid dienone is 1. The summed E-state index contributed by atoms with van der Waals surface area (Å²) in [6.07, 6.45) is 2.40. The van der Waals surface area contributed by atoms with Gasteiger partial charge >= 0.3 is 11.9 Å². The zero-order valence-electron chi connectivity index (χ0n) is 9.08. The van der Waals surface area contributed by atoms with Crippen molar-refractivity contribution in [3.8, 4) is 0 Å². The molecule has 0 aliphatic rings. The highest BCUT2D eigenvalue weighted by molar-refractivity contribution is 5.89. The Morgan fingerprint density at radius 1 is 1.47 bits per heavy atom. The maximum absolute atomic E-state index is 11.2. The number of hydrogen-bond acceptors (Lipinski definition) is 3. The molecule has 4 nitrogen and oxygen atoms in total. The number of esters is 1. The molecule has 0 spiro atoms. The predicted octanol–water partition coefficient (Wildman–Crippen LogP) is 1.92. The summed E-state index contributed by atoms with van der Waals surface area (Å²) in [5.74, 6) is -1.46. The largest absolute Gasteiger partial charge is 0.478 e. The molecule has 0 aromatic carbocycles. The summed E-state index contributed by atoms with van der Waals surface area (Å²) in [5.41, 5.74) is 0.462. The van der Waals surface area contributed by atoms with Gasteiger partial charge in [0.15, 0.2) is 0 Å². The van der Waals surface area contributed by atoms with Gasteiger partial charge in [-0.1, -0.05) is 19.6 Å². The molecular weight excluding hydrogens is 196 g/mol. The standard InChI is InChI=1S/C11H16O4/c1-4-7-15-11(14)9(3)6-5-8(2)10(12)13/h5H,3-4,6-7H2,1-2H3,(H,12,13). The van der Waals surface area contributed by atoms with E-state index in [0.29, 0.717) is 6.61 Å². The minimum absolute atomic E-state index is 0.194. The van der Waals surface area contributed by atoms with Crippen molar-refractivity contribution in [1.82, 2.24) is 0 Å². The summed E-state index contributed by atoms with van der Waals surface area (Å²) in [5, 5.41) is 8.56. The van der Waals surface area contributed by atoms with Crippen LogP contribution in [0.1, 0.15) is 26.7 Å². The molecule has 0 unspecified atom stereocenters. The number of carboxylic acid groups (broad SMARTS) is 1. The van der Waals surface area contributed by atoms with E-state index in [9.17, 15) is 9.59 Å². The second-order valence-electron chi connectivity index (χ2n) is 3.14. The van der Waals surface area contributed by atoms with Gasteiger partial charge in [-0.05, 0) is 19.8 Å². The molecular formula is C11H16O4. The lowest BCUT2D eigenvalue weighted by atomic mass is 10.1. The number of rotatable bonds is 6. The van der Waals surface area contributed by atoms with Gasteiger partial charge in [0.05, 0.1) is 6.61 Å². The van der Waals surface area contributed by atoms with Crippen LogP contribution in [0.4, 0.5) is 0 Å². The Balaban J connectivity index is 4.09. The second kappa shape index (κ2) is 6.81. The highest BCUT2D eigenvalue weighted by atomic mass is 16.5. The summed E-state index contributed by atoms with van der Waals surface area (Å²) in [6, 6.07) is 0. The van der Waals surface area contributed by atoms with Gasteiger partial charge in [0.1, 0.15) is 0 Å². The Kier molecular flexibility index (Phi) is 6.09. The summed E-state index contributed by atoms with van der Waals surface area (Å²) in [7, 11) is 0. The smallest absolute Gasteiger partial charge is 0.333 e. The molecule has 0 aromatic rings. The molecule has 0 fully saturated rings. The zero-order chi connectivity index (χ0) is 11.8. The fraction of sp³-hybridized carbons (Fsp3) is 0.455. The van der Waals surface area contributed by atoms with Gasteiger partial charge in [-0.2, -0.15) is 0 Å². The van der Waals surface area contributed by atoms with Crippen LogP contribution in [0.3, 0.4) is 0 Å². The topological polar surface area (TPSA) is 63.6 Å². The summed E-state index contributed by atoms with van der Waals surface area (Å²) < 4.78 is 4.83. The number of aliphatic carboxylic acids is 1. The van der Waals surface area contributed by atoms with Crippen LogP contribution < -0.4 is 0 Å². The molecule has 0 atom stereocenters. The lowest BCUT2D eigenvalue weighted by molar-refractivity contribution is -0.139. The van der Waals surface area contributed by atoms with Gasteiger partial charge in [0.25, 0.3) is 0 Å². The quantitative estimate of drug-likeness (QED) is 0.539. The first-order chi connectivity index (χ1) is 6.99. The lowest BCUT2D eigenvalue weighted by Gasteiger charge is -2.03. The van der Waals surface area contributed by atoms with E-state index in [2.05, 4.69) is 6.58 Å². The van der Waals surface area contributed by atoms with E-state index in [4.69, 9.17) is 9.84 Å². The van der Waals surface area contributed by atoms with E-state index >= 15 is 0 Å². The molecule has 0 rings (SSSR count). The van der Waals surface area contributed by atoms with Gasteiger partial charge in [-0.15, -0.1) is 0 Å². The maximum atomic E-state index is 11.2. The molecule has 0 saturated heterocycles. The van der Waals surface area contributed by atoms with Crippen LogP contribution in [0.15, 0.2) is 23.8 Å². The average molecular weight is 212 g/mol. The summed E-state index contributed by atoms with van der Waals surface area (Å²) >= 11 is 0. The monoisotopic (exact) mass is 212 g/mol. The van der Waals surface area contributed by atoms with Crippen molar-refractivity contribution in [1.29, 1.82) is 0 Å². The van der Waals surface area contributed by atoms with E-state index in [1.807, 2.05) is 6.92 Å². The van der Waals surface area contributed by atoms with Gasteiger partial charge in [0.2, 0.25) is 0 Å². The molecule has 0 aliphatic carbocycles. The normalized spacial score (nSPS) is 10.9. The second-order valence-corrected chi connectivity index (χ2v) is 3.14. The maximum Gasteiger partial charge on any atom is 0.333 e. The van der Waals surface area contributed by atoms with E-state index < -0.39 is 11.9 Å². The Morgan fingerprint density at radius 2 is 2.07 bits per heavy atom. The summed E-state index contributed by atoms with van der Waals surface area (Å²) in [6.45, 7) is 7.25. The highest BCUT2D eigenvalue weighted by Crippen LogP contribution is 2.05. The third-order valence-electron chi connectivity index (χ3n) is 1.72. The number of ether oxygens (including phenoxy) is 1. The van der Waals surface area contributed by atoms with E-state index in [1.165, 1.54) is 13.0 Å². The summed E-state index contributed by atoms with van der Waals surface area (Å²) in [4.78, 5) is 21.6. The molecule has 0 aromatic heterocycles. The van der Waals surface area contributed by atoms with Crippen molar-refractivity contribution in [2.75, 3.05) is 6.61 Å². The number of hydrogen-bond donors (Lipinski definition) is 1. The minimum Gasteiger partial charge on any atom is -0.478 e. The van der Waals surface area contributed by atoms with Crippen molar-refractivity contribution >= 4 is 11.9 Å². The molecule has 0 radical (unpaired) electrons. The number of carbonyl (C=O) groups excluding carboxylic acids is 1. The van der Waals surface area contributed by atoms with Crippen LogP contribution in [0.2, 0.25) is 0 Å². The van der Waals surface area contributed by atoms with Crippen molar-refractivity contribution in [3.05, 3.63) is 23.8 Å².